The summed E-state index contributed by atoms with van der Waals surface area (Å²) in [6.07, 6.45) is 1.87. The number of rotatable bonds is 7. The second-order valence-electron chi connectivity index (χ2n) is 4.86. The van der Waals surface area contributed by atoms with E-state index in [1.54, 1.807) is 35.6 Å². The van der Waals surface area contributed by atoms with Crippen LogP contribution in [0.4, 0.5) is 0 Å². The first-order chi connectivity index (χ1) is 10.6. The van der Waals surface area contributed by atoms with Crippen LogP contribution in [0.25, 0.3) is 0 Å². The molecule has 1 heterocycles. The number of aromatic nitrogens is 1. The summed E-state index contributed by atoms with van der Waals surface area (Å²) in [5, 5.41) is 14.7. The summed E-state index contributed by atoms with van der Waals surface area (Å²) >= 11 is 1.60. The van der Waals surface area contributed by atoms with E-state index in [0.29, 0.717) is 19.4 Å². The third-order valence-corrected chi connectivity index (χ3v) is 4.25. The minimum absolute atomic E-state index is 0.0339. The van der Waals surface area contributed by atoms with Crippen molar-refractivity contribution in [1.82, 2.24) is 10.3 Å². The smallest absolute Gasteiger partial charge is 0.335 e. The van der Waals surface area contributed by atoms with Gasteiger partial charge in [-0.3, -0.25) is 4.79 Å². The van der Waals surface area contributed by atoms with Gasteiger partial charge in [0.25, 0.3) is 0 Å². The first kappa shape index (κ1) is 16.2. The van der Waals surface area contributed by atoms with Crippen LogP contribution in [0.2, 0.25) is 0 Å². The molecule has 5 nitrogen and oxygen atoms in total. The molecule has 2 N–H and O–H groups in total. The number of hydrogen-bond acceptors (Lipinski definition) is 4. The van der Waals surface area contributed by atoms with Gasteiger partial charge in [-0.2, -0.15) is 0 Å². The Kier molecular flexibility index (Phi) is 5.66. The quantitative estimate of drug-likeness (QED) is 0.822. The van der Waals surface area contributed by atoms with Crippen LogP contribution in [0, 0.1) is 0 Å². The molecule has 0 fully saturated rings. The molecule has 0 aliphatic rings. The average molecular weight is 318 g/mol. The van der Waals surface area contributed by atoms with Gasteiger partial charge in [0.1, 0.15) is 0 Å². The number of benzene rings is 1. The van der Waals surface area contributed by atoms with E-state index in [0.717, 1.165) is 22.7 Å². The van der Waals surface area contributed by atoms with Gasteiger partial charge in [0.2, 0.25) is 5.91 Å². The van der Waals surface area contributed by atoms with Crippen molar-refractivity contribution in [3.05, 3.63) is 51.5 Å². The molecule has 116 valence electrons. The molecule has 2 rings (SSSR count). The van der Waals surface area contributed by atoms with Crippen LogP contribution < -0.4 is 5.32 Å². The van der Waals surface area contributed by atoms with Crippen molar-refractivity contribution < 1.29 is 14.7 Å². The maximum Gasteiger partial charge on any atom is 0.335 e. The molecule has 22 heavy (non-hydrogen) atoms. The lowest BCUT2D eigenvalue weighted by atomic mass is 10.1. The Morgan fingerprint density at radius 3 is 2.59 bits per heavy atom. The Balaban J connectivity index is 1.76. The van der Waals surface area contributed by atoms with E-state index in [1.165, 1.54) is 0 Å². The van der Waals surface area contributed by atoms with Crippen LogP contribution in [0.3, 0.4) is 0 Å². The molecule has 0 saturated carbocycles. The highest BCUT2D eigenvalue weighted by Gasteiger charge is 2.06. The predicted octanol–water partition coefficient (Wildman–Crippen LogP) is 2.65. The highest BCUT2D eigenvalue weighted by molar-refractivity contribution is 7.09. The number of carbonyl (C=O) groups excluding carboxylic acids is 1. The topological polar surface area (TPSA) is 79.3 Å². The van der Waals surface area contributed by atoms with E-state index in [-0.39, 0.29) is 11.5 Å². The molecule has 0 atom stereocenters. The van der Waals surface area contributed by atoms with Crippen molar-refractivity contribution in [2.24, 2.45) is 0 Å². The van der Waals surface area contributed by atoms with Crippen molar-refractivity contribution in [2.45, 2.75) is 32.7 Å². The van der Waals surface area contributed by atoms with Crippen LogP contribution >= 0.6 is 11.3 Å². The lowest BCUT2D eigenvalue weighted by molar-refractivity contribution is -0.121. The van der Waals surface area contributed by atoms with Crippen LogP contribution in [0.1, 0.15) is 40.0 Å². The van der Waals surface area contributed by atoms with E-state index in [4.69, 9.17) is 5.11 Å². The largest absolute Gasteiger partial charge is 0.478 e. The molecule has 0 saturated heterocycles. The van der Waals surface area contributed by atoms with Gasteiger partial charge in [0.15, 0.2) is 0 Å². The van der Waals surface area contributed by atoms with Crippen molar-refractivity contribution >= 4 is 23.2 Å². The van der Waals surface area contributed by atoms with E-state index in [2.05, 4.69) is 17.2 Å². The molecular formula is C16H18N2O3S. The van der Waals surface area contributed by atoms with Crippen molar-refractivity contribution in [3.8, 4) is 0 Å². The van der Waals surface area contributed by atoms with Crippen molar-refractivity contribution in [3.63, 3.8) is 0 Å². The van der Waals surface area contributed by atoms with E-state index >= 15 is 0 Å². The van der Waals surface area contributed by atoms with Gasteiger partial charge in [0, 0.05) is 11.8 Å². The summed E-state index contributed by atoms with van der Waals surface area (Å²) in [5.41, 5.74) is 2.09. The lowest BCUT2D eigenvalue weighted by Gasteiger charge is -2.04. The number of thiazole rings is 1. The molecular weight excluding hydrogens is 300 g/mol. The van der Waals surface area contributed by atoms with Gasteiger partial charge in [-0.25, -0.2) is 9.78 Å². The Morgan fingerprint density at radius 1 is 1.27 bits per heavy atom. The maximum absolute atomic E-state index is 11.8. The standard InChI is InChI=1S/C16H18N2O3S/c1-2-15-18-13(10-22-15)9-17-14(19)8-5-11-3-6-12(7-4-11)16(20)21/h3-4,6-7,10H,2,5,8-9H2,1H3,(H,17,19)(H,20,21). The maximum atomic E-state index is 11.8. The predicted molar refractivity (Wildman–Crippen MR) is 85.1 cm³/mol. The number of aromatic carboxylic acids is 1. The van der Waals surface area contributed by atoms with Crippen LogP contribution in [-0.4, -0.2) is 22.0 Å². The number of carboxylic acids is 1. The van der Waals surface area contributed by atoms with Gasteiger partial charge < -0.3 is 10.4 Å². The highest BCUT2D eigenvalue weighted by Crippen LogP contribution is 2.10. The zero-order valence-electron chi connectivity index (χ0n) is 12.3. The first-order valence-corrected chi connectivity index (χ1v) is 7.98. The number of nitrogens with zero attached hydrogens (tertiary/aromatic N) is 1. The second kappa shape index (κ2) is 7.70. The van der Waals surface area contributed by atoms with E-state index in [1.807, 2.05) is 5.38 Å². The minimum Gasteiger partial charge on any atom is -0.478 e. The SMILES string of the molecule is CCc1nc(CNC(=O)CCc2ccc(C(=O)O)cc2)cs1. The molecule has 2 aromatic rings. The van der Waals surface area contributed by atoms with Gasteiger partial charge in [0.05, 0.1) is 22.8 Å². The van der Waals surface area contributed by atoms with Crippen molar-refractivity contribution in [1.29, 1.82) is 0 Å². The van der Waals surface area contributed by atoms with Gasteiger partial charge in [-0.05, 0) is 30.5 Å². The number of carboxylic acid groups (broad SMARTS) is 1. The fraction of sp³-hybridized carbons (Fsp3) is 0.312. The number of hydrogen-bond donors (Lipinski definition) is 2. The molecule has 0 aliphatic heterocycles. The number of aryl methyl sites for hydroxylation is 2. The highest BCUT2D eigenvalue weighted by atomic mass is 32.1. The summed E-state index contributed by atoms with van der Waals surface area (Å²) in [7, 11) is 0. The summed E-state index contributed by atoms with van der Waals surface area (Å²) in [5.74, 6) is -0.979. The lowest BCUT2D eigenvalue weighted by Crippen LogP contribution is -2.23. The third-order valence-electron chi connectivity index (χ3n) is 3.21. The third kappa shape index (κ3) is 4.66. The number of amides is 1. The fourth-order valence-corrected chi connectivity index (χ4v) is 2.69. The average Bonchev–Trinajstić information content (AvgIpc) is 2.99. The number of nitrogens with one attached hydrogen (secondary N) is 1. The van der Waals surface area contributed by atoms with Gasteiger partial charge >= 0.3 is 5.97 Å². The molecule has 0 bridgehead atoms. The Morgan fingerprint density at radius 2 is 2.00 bits per heavy atom. The molecule has 1 amide bonds. The summed E-state index contributed by atoms with van der Waals surface area (Å²) < 4.78 is 0. The van der Waals surface area contributed by atoms with Crippen molar-refractivity contribution in [2.75, 3.05) is 0 Å². The first-order valence-electron chi connectivity index (χ1n) is 7.10. The number of carbonyl (C=O) groups is 2. The Labute approximate surface area is 133 Å². The van der Waals surface area contributed by atoms with Crippen LogP contribution in [-0.2, 0) is 24.2 Å². The Bertz CT molecular complexity index is 650. The normalized spacial score (nSPS) is 10.4. The monoisotopic (exact) mass is 318 g/mol. The van der Waals surface area contributed by atoms with Crippen LogP contribution in [0.15, 0.2) is 29.6 Å². The minimum atomic E-state index is -0.945. The molecule has 0 radical (unpaired) electrons. The molecule has 0 aliphatic carbocycles. The second-order valence-corrected chi connectivity index (χ2v) is 5.81. The zero-order chi connectivity index (χ0) is 15.9. The summed E-state index contributed by atoms with van der Waals surface area (Å²) in [6.45, 7) is 2.50. The molecule has 0 spiro atoms. The van der Waals surface area contributed by atoms with Gasteiger partial charge in [-0.1, -0.05) is 19.1 Å². The fourth-order valence-electron chi connectivity index (χ4n) is 1.94. The summed E-state index contributed by atoms with van der Waals surface area (Å²) in [4.78, 5) is 27.0. The molecule has 1 aromatic heterocycles. The Hall–Kier alpha value is -2.21. The molecule has 0 unspecified atom stereocenters. The van der Waals surface area contributed by atoms with E-state index in [9.17, 15) is 9.59 Å². The zero-order valence-corrected chi connectivity index (χ0v) is 13.2. The van der Waals surface area contributed by atoms with Crippen LogP contribution in [0.5, 0.6) is 0 Å². The summed E-state index contributed by atoms with van der Waals surface area (Å²) in [6, 6.07) is 6.59. The molecule has 6 heteroatoms. The van der Waals surface area contributed by atoms with Gasteiger partial charge in [-0.15, -0.1) is 11.3 Å². The van der Waals surface area contributed by atoms with E-state index < -0.39 is 5.97 Å². The molecule has 1 aromatic carbocycles.